The maximum atomic E-state index is 12.6. The molecule has 28 heavy (non-hydrogen) atoms. The van der Waals surface area contributed by atoms with Crippen molar-refractivity contribution in [2.45, 2.75) is 55.8 Å². The fraction of sp³-hybridized carbons (Fsp3) is 0.938. The van der Waals surface area contributed by atoms with Gasteiger partial charge in [0.05, 0.1) is 0 Å². The lowest BCUT2D eigenvalue weighted by Gasteiger charge is -2.32. The highest BCUT2D eigenvalue weighted by atomic mass is 127. The molecule has 2 atom stereocenters. The number of rotatable bonds is 6. The first-order valence-electron chi connectivity index (χ1n) is 9.32. The first kappa shape index (κ1) is 26.1. The molecule has 2 unspecified atom stereocenters. The van der Waals surface area contributed by atoms with Crippen LogP contribution in [0.15, 0.2) is 4.99 Å². The molecule has 2 fully saturated rings. The predicted octanol–water partition coefficient (Wildman–Crippen LogP) is 3.01. The third-order valence-corrected chi connectivity index (χ3v) is 7.98. The van der Waals surface area contributed by atoms with E-state index < -0.39 is 15.5 Å². The minimum Gasteiger partial charge on any atom is -0.356 e. The highest BCUT2D eigenvalue weighted by Gasteiger charge is 2.50. The standard InChI is InChI=1S/C16H29F3N4O2S2.HI/c1-3-26-14-5-4-13(10-14)22-15(20-2)21-11-12-6-8-23(9-7-12)27(24,25)16(17,18)19;/h12-14H,3-11H2,1-2H3,(H2,20,21,22);1H. The second kappa shape index (κ2) is 11.4. The van der Waals surface area contributed by atoms with Crippen molar-refractivity contribution in [1.82, 2.24) is 14.9 Å². The van der Waals surface area contributed by atoms with E-state index in [1.807, 2.05) is 11.8 Å². The Morgan fingerprint density at radius 3 is 2.39 bits per heavy atom. The van der Waals surface area contributed by atoms with Gasteiger partial charge in [-0.3, -0.25) is 4.99 Å². The zero-order valence-corrected chi connectivity index (χ0v) is 20.1. The minimum absolute atomic E-state index is 0. The van der Waals surface area contributed by atoms with Crippen LogP contribution < -0.4 is 10.6 Å². The molecule has 1 saturated heterocycles. The van der Waals surface area contributed by atoms with Crippen LogP contribution in [0.4, 0.5) is 13.2 Å². The summed E-state index contributed by atoms with van der Waals surface area (Å²) in [5.74, 6) is 1.94. The molecule has 1 aliphatic carbocycles. The first-order valence-corrected chi connectivity index (χ1v) is 11.8. The van der Waals surface area contributed by atoms with Gasteiger partial charge in [0.1, 0.15) is 0 Å². The van der Waals surface area contributed by atoms with Crippen molar-refractivity contribution in [2.75, 3.05) is 32.4 Å². The van der Waals surface area contributed by atoms with Crippen LogP contribution in [0, 0.1) is 5.92 Å². The third kappa shape index (κ3) is 7.08. The van der Waals surface area contributed by atoms with Crippen molar-refractivity contribution in [1.29, 1.82) is 0 Å². The van der Waals surface area contributed by atoms with Gasteiger partial charge < -0.3 is 10.6 Å². The van der Waals surface area contributed by atoms with E-state index in [9.17, 15) is 21.6 Å². The highest BCUT2D eigenvalue weighted by molar-refractivity contribution is 14.0. The number of nitrogens with zero attached hydrogens (tertiary/aromatic N) is 2. The van der Waals surface area contributed by atoms with Gasteiger partial charge >= 0.3 is 15.5 Å². The zero-order valence-electron chi connectivity index (χ0n) is 16.2. The summed E-state index contributed by atoms with van der Waals surface area (Å²) >= 11 is 1.98. The molecule has 0 amide bonds. The molecule has 2 N–H and O–H groups in total. The normalized spacial score (nSPS) is 25.4. The number of nitrogens with one attached hydrogen (secondary N) is 2. The lowest BCUT2D eigenvalue weighted by Crippen LogP contribution is -2.48. The second-order valence-electron chi connectivity index (χ2n) is 6.98. The number of alkyl halides is 3. The fourth-order valence-electron chi connectivity index (χ4n) is 3.59. The topological polar surface area (TPSA) is 73.8 Å². The lowest BCUT2D eigenvalue weighted by atomic mass is 9.98. The van der Waals surface area contributed by atoms with Crippen LogP contribution in [-0.2, 0) is 10.0 Å². The average Bonchev–Trinajstić information content (AvgIpc) is 3.05. The van der Waals surface area contributed by atoms with Gasteiger partial charge in [-0.2, -0.15) is 29.2 Å². The van der Waals surface area contributed by atoms with Gasteiger partial charge in [-0.1, -0.05) is 6.92 Å². The maximum absolute atomic E-state index is 12.6. The summed E-state index contributed by atoms with van der Waals surface area (Å²) in [4.78, 5) is 4.23. The zero-order chi connectivity index (χ0) is 20.1. The molecule has 2 aliphatic rings. The minimum atomic E-state index is -5.22. The molecule has 0 spiro atoms. The Morgan fingerprint density at radius 1 is 1.21 bits per heavy atom. The number of halogens is 4. The molecule has 0 aromatic rings. The summed E-state index contributed by atoms with van der Waals surface area (Å²) in [5.41, 5.74) is -5.22. The Kier molecular flexibility index (Phi) is 10.7. The summed E-state index contributed by atoms with van der Waals surface area (Å²) in [6.45, 7) is 2.54. The maximum Gasteiger partial charge on any atom is 0.511 e. The molecule has 6 nitrogen and oxygen atoms in total. The Bertz CT molecular complexity index is 612. The molecule has 0 radical (unpaired) electrons. The van der Waals surface area contributed by atoms with Crippen LogP contribution in [0.2, 0.25) is 0 Å². The van der Waals surface area contributed by atoms with Crippen molar-refractivity contribution < 1.29 is 21.6 Å². The fourth-order valence-corrected chi connectivity index (χ4v) is 5.71. The molecule has 1 saturated carbocycles. The smallest absolute Gasteiger partial charge is 0.356 e. The quantitative estimate of drug-likeness (QED) is 0.298. The van der Waals surface area contributed by atoms with E-state index in [0.717, 1.165) is 18.6 Å². The molecule has 2 rings (SSSR count). The van der Waals surface area contributed by atoms with Crippen molar-refractivity contribution in [3.8, 4) is 0 Å². The van der Waals surface area contributed by atoms with Crippen LogP contribution in [0.25, 0.3) is 0 Å². The van der Waals surface area contributed by atoms with Crippen molar-refractivity contribution >= 4 is 51.7 Å². The number of hydrogen-bond acceptors (Lipinski definition) is 4. The van der Waals surface area contributed by atoms with Crippen molar-refractivity contribution in [2.24, 2.45) is 10.9 Å². The first-order chi connectivity index (χ1) is 12.7. The molecule has 0 bridgehead atoms. The third-order valence-electron chi connectivity index (χ3n) is 5.12. The SMILES string of the molecule is CCSC1CCC(NC(=NC)NCC2CCN(S(=O)(=O)C(F)(F)F)CC2)C1.I. The monoisotopic (exact) mass is 558 g/mol. The highest BCUT2D eigenvalue weighted by Crippen LogP contribution is 2.31. The average molecular weight is 558 g/mol. The van der Waals surface area contributed by atoms with Crippen molar-refractivity contribution in [3.05, 3.63) is 0 Å². The summed E-state index contributed by atoms with van der Waals surface area (Å²) < 4.78 is 61.3. The summed E-state index contributed by atoms with van der Waals surface area (Å²) in [6.07, 6.45) is 4.20. The second-order valence-corrected chi connectivity index (χ2v) is 10.5. The molecule has 0 aromatic carbocycles. The Morgan fingerprint density at radius 2 is 1.86 bits per heavy atom. The predicted molar refractivity (Wildman–Crippen MR) is 119 cm³/mol. The van der Waals surface area contributed by atoms with Crippen LogP contribution in [0.3, 0.4) is 0 Å². The van der Waals surface area contributed by atoms with Gasteiger partial charge in [-0.15, -0.1) is 24.0 Å². The van der Waals surface area contributed by atoms with Gasteiger partial charge in [0.2, 0.25) is 0 Å². The van der Waals surface area contributed by atoms with Gasteiger partial charge in [0.15, 0.2) is 5.96 Å². The van der Waals surface area contributed by atoms with Crippen molar-refractivity contribution in [3.63, 3.8) is 0 Å². The Hall–Kier alpha value is 0.0500. The number of guanidine groups is 1. The lowest BCUT2D eigenvalue weighted by molar-refractivity contribution is -0.0496. The van der Waals surface area contributed by atoms with Gasteiger partial charge in [-0.05, 0) is 43.8 Å². The van der Waals surface area contributed by atoms with Crippen LogP contribution in [0.5, 0.6) is 0 Å². The molecular weight excluding hydrogens is 528 g/mol. The number of piperidine rings is 1. The van der Waals surface area contributed by atoms with E-state index in [2.05, 4.69) is 22.5 Å². The van der Waals surface area contributed by atoms with E-state index in [1.165, 1.54) is 6.42 Å². The van der Waals surface area contributed by atoms with E-state index >= 15 is 0 Å². The van der Waals surface area contributed by atoms with E-state index in [-0.39, 0.29) is 43.0 Å². The Balaban J connectivity index is 0.00000392. The number of aliphatic imine (C=N–C) groups is 1. The van der Waals surface area contributed by atoms with Crippen LogP contribution in [-0.4, -0.2) is 67.9 Å². The van der Waals surface area contributed by atoms with Crippen LogP contribution in [0.1, 0.15) is 39.0 Å². The van der Waals surface area contributed by atoms with Gasteiger partial charge in [0, 0.05) is 38.0 Å². The number of sulfonamides is 1. The molecule has 0 aromatic heterocycles. The summed E-state index contributed by atoms with van der Waals surface area (Å²) in [7, 11) is -3.51. The summed E-state index contributed by atoms with van der Waals surface area (Å²) in [5, 5.41) is 7.34. The molecule has 1 heterocycles. The molecular formula is C16H30F3IN4O2S2. The largest absolute Gasteiger partial charge is 0.511 e. The van der Waals surface area contributed by atoms with Gasteiger partial charge in [0.25, 0.3) is 0 Å². The number of thioether (sulfide) groups is 1. The Labute approximate surface area is 186 Å². The number of hydrogen-bond donors (Lipinski definition) is 2. The molecule has 1 aliphatic heterocycles. The van der Waals surface area contributed by atoms with Crippen LogP contribution >= 0.6 is 35.7 Å². The van der Waals surface area contributed by atoms with E-state index in [4.69, 9.17) is 0 Å². The molecule has 12 heteroatoms. The van der Waals surface area contributed by atoms with E-state index in [0.29, 0.717) is 40.9 Å². The molecule has 166 valence electrons. The summed E-state index contributed by atoms with van der Waals surface area (Å²) in [6, 6.07) is 0.388. The van der Waals surface area contributed by atoms with E-state index in [1.54, 1.807) is 7.05 Å². The van der Waals surface area contributed by atoms with Gasteiger partial charge in [-0.25, -0.2) is 8.42 Å².